The Hall–Kier alpha value is -3.28. The monoisotopic (exact) mass is 1530 g/mol. The lowest BCUT2D eigenvalue weighted by molar-refractivity contribution is -0.382. The summed E-state index contributed by atoms with van der Waals surface area (Å²) in [5.41, 5.74) is 15.0. The van der Waals surface area contributed by atoms with Crippen molar-refractivity contribution in [3.8, 4) is 0 Å². The van der Waals surface area contributed by atoms with Gasteiger partial charge in [-0.3, -0.25) is 9.05 Å². The Morgan fingerprint density at radius 1 is 0.352 bits per heavy atom. The first-order valence-electron chi connectivity index (χ1n) is 37.7. The number of hydrogen-bond donors (Lipinski definition) is 12. The highest BCUT2D eigenvalue weighted by Crippen LogP contribution is 2.61. The summed E-state index contributed by atoms with van der Waals surface area (Å²) in [7, 11) is -11.1. The molecule has 4 saturated heterocycles. The summed E-state index contributed by atoms with van der Waals surface area (Å²) >= 11 is 0. The fourth-order valence-electron chi connectivity index (χ4n) is 12.6. The van der Waals surface area contributed by atoms with E-state index in [0.717, 1.165) is 121 Å². The van der Waals surface area contributed by atoms with Gasteiger partial charge in [0.1, 0.15) is 73.2 Å². The number of ether oxygens (including phenoxy) is 7. The molecule has 24 nitrogen and oxygen atoms in total. The Morgan fingerprint density at radius 2 is 0.657 bits per heavy atom. The maximum absolute atomic E-state index is 13.2. The molecule has 0 aliphatic carbocycles. The van der Waals surface area contributed by atoms with Gasteiger partial charge in [-0.15, -0.1) is 0 Å². The van der Waals surface area contributed by atoms with Crippen LogP contribution >= 0.6 is 15.6 Å². The smallest absolute Gasteiger partial charge is 0.394 e. The van der Waals surface area contributed by atoms with E-state index in [0.29, 0.717) is 12.8 Å². The standard InChI is InChI=1S/C79H132O24P2/c1-50(2)25-15-26-51(3)27-16-28-52(4)29-17-30-53(5)31-18-32-54(6)33-19-34-55(7)35-20-36-56(8)37-21-38-57(9)39-22-40-58(10)41-23-42-59(11)43-24-44-60(12)45-46-94-104(90,91)103-105(92,93)102-79-72(89)75(68(85)66(49-81)98-79)101-77-70(87)69(86)73(62(14)96-77)99-78-71(88)74(67(84)65(48-80)97-78)100-76-64(83)47-63(82)61(13)95-76/h25,27,29,31,33,35,37,39,41,43,45,61-89H,15-24,26,28,30,32,34,36,38,40,42,44,46-49H2,1-14H3,(H,90,91)(H,92,93). The van der Waals surface area contributed by atoms with Crippen molar-refractivity contribution in [2.45, 2.75) is 348 Å². The minimum absolute atomic E-state index is 0.158. The van der Waals surface area contributed by atoms with Crippen LogP contribution in [-0.2, 0) is 55.6 Å². The Morgan fingerprint density at radius 3 is 1.02 bits per heavy atom. The molecule has 21 atom stereocenters. The summed E-state index contributed by atoms with van der Waals surface area (Å²) in [6.45, 7) is 26.7. The first kappa shape index (κ1) is 94.1. The number of aliphatic hydroxyl groups is 10. The Labute approximate surface area is 625 Å². The normalized spacial score (nSPS) is 31.8. The molecule has 26 heteroatoms. The molecule has 0 amide bonds. The molecule has 0 aromatic heterocycles. The van der Waals surface area contributed by atoms with E-state index in [1.54, 1.807) is 6.92 Å². The molecule has 0 bridgehead atoms. The van der Waals surface area contributed by atoms with Gasteiger partial charge in [-0.25, -0.2) is 9.13 Å². The molecular weight excluding hydrogens is 1390 g/mol. The molecule has 0 spiro atoms. The van der Waals surface area contributed by atoms with Crippen LogP contribution in [0.15, 0.2) is 128 Å². The third kappa shape index (κ3) is 35.3. The Balaban J connectivity index is 1.11. The van der Waals surface area contributed by atoms with Crippen molar-refractivity contribution in [3.05, 3.63) is 128 Å². The minimum Gasteiger partial charge on any atom is -0.394 e. The predicted molar refractivity (Wildman–Crippen MR) is 405 cm³/mol. The predicted octanol–water partition coefficient (Wildman–Crippen LogP) is 12.8. The summed E-state index contributed by atoms with van der Waals surface area (Å²) in [6.07, 6.45) is 13.2. The third-order valence-electron chi connectivity index (χ3n) is 19.5. The lowest BCUT2D eigenvalue weighted by atomic mass is 9.96. The zero-order valence-corrected chi connectivity index (χ0v) is 66.7. The summed E-state index contributed by atoms with van der Waals surface area (Å²) in [5, 5.41) is 108. The Kier molecular flexibility index (Phi) is 43.5. The van der Waals surface area contributed by atoms with Gasteiger partial charge in [-0.2, -0.15) is 4.31 Å². The summed E-state index contributed by atoms with van der Waals surface area (Å²) in [5.74, 6) is 0. The topological polar surface area (TPSA) is 369 Å². The lowest BCUT2D eigenvalue weighted by Gasteiger charge is -2.48. The fraction of sp³-hybridized carbons (Fsp3) is 0.722. The van der Waals surface area contributed by atoms with E-state index in [4.69, 9.17) is 42.2 Å². The van der Waals surface area contributed by atoms with Gasteiger partial charge in [0.25, 0.3) is 0 Å². The molecule has 4 aliphatic heterocycles. The molecule has 4 aliphatic rings. The molecule has 0 saturated carbocycles. The second-order valence-electron chi connectivity index (χ2n) is 29.6. The number of allylic oxidation sites excluding steroid dienone is 21. The quantitative estimate of drug-likeness (QED) is 0.0199. The van der Waals surface area contributed by atoms with Gasteiger partial charge in [-0.05, 0) is 225 Å². The SMILES string of the molecule is CC(C)=CCCC(C)=CCCC(C)=CCCC(C)=CCCC(C)=CCCC(C)=CCCC(C)=CCCC(C)=CCCC(C)=CCCC(C)=CCCC(C)=CCOP(=O)(O)OP(=O)(O)OC1OC(CO)C(O)C(OC2OC(C)C(OC3OC(CO)C(O)C(OC4OC(C)C(O)CC4O)C3O)C(O)C2O)C1O. The van der Waals surface area contributed by atoms with Crippen LogP contribution in [0.5, 0.6) is 0 Å². The van der Waals surface area contributed by atoms with Crippen molar-refractivity contribution in [2.75, 3.05) is 19.8 Å². The molecule has 4 fully saturated rings. The van der Waals surface area contributed by atoms with Gasteiger partial charge in [0.15, 0.2) is 25.2 Å². The molecule has 105 heavy (non-hydrogen) atoms. The maximum atomic E-state index is 13.2. The van der Waals surface area contributed by atoms with Crippen molar-refractivity contribution in [1.29, 1.82) is 0 Å². The van der Waals surface area contributed by atoms with Crippen molar-refractivity contribution in [1.82, 2.24) is 0 Å². The zero-order chi connectivity index (χ0) is 78.1. The van der Waals surface area contributed by atoms with E-state index in [2.05, 4.69) is 141 Å². The van der Waals surface area contributed by atoms with Crippen LogP contribution in [0.2, 0.25) is 0 Å². The van der Waals surface area contributed by atoms with Crippen LogP contribution < -0.4 is 0 Å². The number of aliphatic hydroxyl groups excluding tert-OH is 10. The van der Waals surface area contributed by atoms with Crippen LogP contribution in [0.4, 0.5) is 0 Å². The minimum atomic E-state index is -5.71. The van der Waals surface area contributed by atoms with Crippen LogP contribution in [0, 0.1) is 0 Å². The first-order valence-corrected chi connectivity index (χ1v) is 40.7. The molecule has 0 aromatic rings. The van der Waals surface area contributed by atoms with Crippen molar-refractivity contribution >= 4 is 15.6 Å². The number of hydrogen-bond acceptors (Lipinski definition) is 22. The van der Waals surface area contributed by atoms with E-state index >= 15 is 0 Å². The molecule has 602 valence electrons. The van der Waals surface area contributed by atoms with Crippen LogP contribution in [-0.4, -0.2) is 197 Å². The Bertz CT molecular complexity index is 3050. The van der Waals surface area contributed by atoms with E-state index in [9.17, 15) is 70.0 Å². The summed E-state index contributed by atoms with van der Waals surface area (Å²) in [6, 6.07) is 0. The van der Waals surface area contributed by atoms with Crippen LogP contribution in [0.1, 0.15) is 232 Å². The van der Waals surface area contributed by atoms with E-state index < -0.39 is 152 Å². The number of phosphoric ester groups is 2. The summed E-state index contributed by atoms with van der Waals surface area (Å²) in [4.78, 5) is 21.0. The largest absolute Gasteiger partial charge is 0.483 e. The summed E-state index contributed by atoms with van der Waals surface area (Å²) < 4.78 is 79.8. The number of rotatable bonds is 45. The molecular formula is C79H132O24P2. The van der Waals surface area contributed by atoms with Gasteiger partial charge in [-0.1, -0.05) is 128 Å². The lowest BCUT2D eigenvalue weighted by Crippen LogP contribution is -2.66. The average Bonchev–Trinajstić information content (AvgIpc) is 0.782. The van der Waals surface area contributed by atoms with E-state index in [1.165, 1.54) is 75.7 Å². The van der Waals surface area contributed by atoms with Crippen molar-refractivity contribution in [3.63, 3.8) is 0 Å². The molecule has 21 unspecified atom stereocenters. The first-order chi connectivity index (χ1) is 49.5. The van der Waals surface area contributed by atoms with Gasteiger partial charge in [0.2, 0.25) is 0 Å². The van der Waals surface area contributed by atoms with E-state index in [-0.39, 0.29) is 6.42 Å². The van der Waals surface area contributed by atoms with Gasteiger partial charge < -0.3 is 94.0 Å². The van der Waals surface area contributed by atoms with Gasteiger partial charge in [0.05, 0.1) is 38.1 Å². The zero-order valence-electron chi connectivity index (χ0n) is 65.0. The molecule has 4 heterocycles. The number of phosphoric acid groups is 2. The third-order valence-corrected chi connectivity index (χ3v) is 22.1. The maximum Gasteiger partial charge on any atom is 0.483 e. The van der Waals surface area contributed by atoms with Crippen LogP contribution in [0.3, 0.4) is 0 Å². The highest BCUT2D eigenvalue weighted by Gasteiger charge is 2.55. The molecule has 0 aromatic carbocycles. The highest BCUT2D eigenvalue weighted by atomic mass is 31.3. The molecule has 0 radical (unpaired) electrons. The highest BCUT2D eigenvalue weighted by molar-refractivity contribution is 7.61. The fourth-order valence-corrected chi connectivity index (χ4v) is 14.7. The van der Waals surface area contributed by atoms with E-state index in [1.807, 2.05) is 0 Å². The average molecular weight is 1530 g/mol. The van der Waals surface area contributed by atoms with Gasteiger partial charge >= 0.3 is 15.6 Å². The second-order valence-corrected chi connectivity index (χ2v) is 32.6. The van der Waals surface area contributed by atoms with Gasteiger partial charge in [0, 0.05) is 6.42 Å². The van der Waals surface area contributed by atoms with Crippen LogP contribution in [0.25, 0.3) is 0 Å². The second kappa shape index (κ2) is 48.5. The van der Waals surface area contributed by atoms with Crippen molar-refractivity contribution < 1.29 is 116 Å². The molecule has 12 N–H and O–H groups in total. The van der Waals surface area contributed by atoms with Crippen molar-refractivity contribution in [2.24, 2.45) is 0 Å². The molecule has 4 rings (SSSR count).